The van der Waals surface area contributed by atoms with Gasteiger partial charge in [-0.3, -0.25) is 9.59 Å². The summed E-state index contributed by atoms with van der Waals surface area (Å²) in [4.78, 5) is 26.4. The van der Waals surface area contributed by atoms with Crippen molar-refractivity contribution in [2.45, 2.75) is 39.8 Å². The van der Waals surface area contributed by atoms with Crippen molar-refractivity contribution >= 4 is 28.0 Å². The van der Waals surface area contributed by atoms with Crippen molar-refractivity contribution in [2.75, 3.05) is 18.9 Å². The number of benzene rings is 1. The number of hydrogen-bond donors (Lipinski definition) is 3. The second-order valence-electron chi connectivity index (χ2n) is 7.71. The number of nitrogens with one attached hydrogen (secondary N) is 2. The highest BCUT2D eigenvalue weighted by Crippen LogP contribution is 2.36. The molecule has 31 heavy (non-hydrogen) atoms. The number of ketones is 1. The Labute approximate surface area is 187 Å². The van der Waals surface area contributed by atoms with Crippen LogP contribution in [0.25, 0.3) is 0 Å². The summed E-state index contributed by atoms with van der Waals surface area (Å²) in [5, 5.41) is 16.3. The van der Waals surface area contributed by atoms with E-state index < -0.39 is 0 Å². The lowest BCUT2D eigenvalue weighted by Crippen LogP contribution is -2.23. The van der Waals surface area contributed by atoms with Gasteiger partial charge in [0.25, 0.3) is 5.91 Å². The first-order chi connectivity index (χ1) is 14.7. The molecular weight excluding hydrogens is 410 g/mol. The molecule has 1 aromatic heterocycles. The number of fused-ring (bicyclic) bond motifs is 2. The fourth-order valence-corrected chi connectivity index (χ4v) is 5.17. The van der Waals surface area contributed by atoms with Crippen LogP contribution in [0.3, 0.4) is 0 Å². The Morgan fingerprint density at radius 1 is 1.35 bits per heavy atom. The predicted octanol–water partition coefficient (Wildman–Crippen LogP) is 4.43. The van der Waals surface area contributed by atoms with Gasteiger partial charge >= 0.3 is 0 Å². The molecule has 0 aliphatic carbocycles. The molecular formula is C24H29N3O3S. The summed E-state index contributed by atoms with van der Waals surface area (Å²) in [7, 11) is 1.85. The fraction of sp³-hybridized carbons (Fsp3) is 0.333. The highest BCUT2D eigenvalue weighted by atomic mass is 32.1. The van der Waals surface area contributed by atoms with Gasteiger partial charge in [0.05, 0.1) is 11.3 Å². The number of amides is 1. The van der Waals surface area contributed by atoms with E-state index in [1.807, 2.05) is 25.2 Å². The summed E-state index contributed by atoms with van der Waals surface area (Å²) in [6.07, 6.45) is 1.79. The predicted molar refractivity (Wildman–Crippen MR) is 126 cm³/mol. The van der Waals surface area contributed by atoms with Gasteiger partial charge in [-0.25, -0.2) is 0 Å². The maximum Gasteiger partial charge on any atom is 0.254 e. The van der Waals surface area contributed by atoms with E-state index in [9.17, 15) is 14.7 Å². The Balaban J connectivity index is 0.000000185. The molecule has 1 aromatic carbocycles. The number of aliphatic hydroxyl groups excluding tert-OH is 1. The lowest BCUT2D eigenvalue weighted by molar-refractivity contribution is 0.0815. The first-order valence-corrected chi connectivity index (χ1v) is 11.1. The lowest BCUT2D eigenvalue weighted by Gasteiger charge is -2.13. The lowest BCUT2D eigenvalue weighted by atomic mass is 10.0. The molecule has 0 bridgehead atoms. The third kappa shape index (κ3) is 4.73. The zero-order chi connectivity index (χ0) is 22.7. The summed E-state index contributed by atoms with van der Waals surface area (Å²) in [6, 6.07) is 6.11. The minimum Gasteiger partial charge on any atom is -0.506 e. The van der Waals surface area contributed by atoms with E-state index >= 15 is 0 Å². The maximum atomic E-state index is 11.8. The van der Waals surface area contributed by atoms with Crippen molar-refractivity contribution in [3.05, 3.63) is 75.5 Å². The highest BCUT2D eigenvalue weighted by Gasteiger charge is 2.26. The first kappa shape index (κ1) is 22.8. The van der Waals surface area contributed by atoms with Gasteiger partial charge in [-0.1, -0.05) is 38.3 Å². The van der Waals surface area contributed by atoms with E-state index in [2.05, 4.69) is 30.7 Å². The molecule has 1 amide bonds. The van der Waals surface area contributed by atoms with Crippen molar-refractivity contribution in [3.63, 3.8) is 0 Å². The Bertz CT molecular complexity index is 1050. The molecule has 0 radical (unpaired) electrons. The van der Waals surface area contributed by atoms with E-state index in [0.29, 0.717) is 5.70 Å². The zero-order valence-electron chi connectivity index (χ0n) is 18.3. The third-order valence-electron chi connectivity index (χ3n) is 5.48. The second-order valence-corrected chi connectivity index (χ2v) is 8.81. The van der Waals surface area contributed by atoms with E-state index in [1.54, 1.807) is 11.8 Å². The molecule has 0 fully saturated rings. The number of thiophene rings is 1. The Morgan fingerprint density at radius 2 is 2.10 bits per heavy atom. The van der Waals surface area contributed by atoms with Crippen LogP contribution in [0.5, 0.6) is 0 Å². The molecule has 2 aliphatic heterocycles. The quantitative estimate of drug-likeness (QED) is 0.365. The standard InChI is InChI=1S/C13H16N2O2S.C11H13NO/c1-7(8(2)16)15-13-12(9(3)17)10-4-5-14-6-11(10)18-13;1-3-8-5-4-6-9-7-12(2)11(13)10(8)9/h14-16H,1-2,4-6H2,3H3;4-6H,3,7H2,1-2H3. The number of aryl methyl sites for hydroxylation is 1. The van der Waals surface area contributed by atoms with Crippen LogP contribution in [0.15, 0.2) is 42.8 Å². The molecule has 0 saturated heterocycles. The summed E-state index contributed by atoms with van der Waals surface area (Å²) in [5.41, 5.74) is 5.44. The minimum atomic E-state index is -0.117. The molecule has 3 heterocycles. The number of hydrogen-bond acceptors (Lipinski definition) is 6. The second kappa shape index (κ2) is 9.49. The van der Waals surface area contributed by atoms with Crippen molar-refractivity contribution in [1.82, 2.24) is 10.2 Å². The van der Waals surface area contributed by atoms with Crippen LogP contribution in [0, 0.1) is 0 Å². The molecule has 164 valence electrons. The summed E-state index contributed by atoms with van der Waals surface area (Å²) < 4.78 is 0. The molecule has 6 nitrogen and oxygen atoms in total. The number of carbonyl (C=O) groups is 2. The van der Waals surface area contributed by atoms with E-state index in [4.69, 9.17) is 0 Å². The molecule has 2 aliphatic rings. The average molecular weight is 440 g/mol. The largest absolute Gasteiger partial charge is 0.506 e. The van der Waals surface area contributed by atoms with Crippen LogP contribution >= 0.6 is 11.3 Å². The average Bonchev–Trinajstić information content (AvgIpc) is 3.25. The number of aliphatic hydroxyl groups is 1. The van der Waals surface area contributed by atoms with Gasteiger partial charge in [-0.15, -0.1) is 11.3 Å². The van der Waals surface area contributed by atoms with Crippen LogP contribution in [0.1, 0.15) is 56.1 Å². The van der Waals surface area contributed by atoms with Crippen LogP contribution < -0.4 is 10.6 Å². The van der Waals surface area contributed by atoms with E-state index in [0.717, 1.165) is 54.2 Å². The van der Waals surface area contributed by atoms with Crippen LogP contribution in [0.2, 0.25) is 0 Å². The molecule has 3 N–H and O–H groups in total. The van der Waals surface area contributed by atoms with Crippen LogP contribution in [-0.2, 0) is 25.9 Å². The highest BCUT2D eigenvalue weighted by molar-refractivity contribution is 7.16. The molecule has 0 saturated carbocycles. The monoisotopic (exact) mass is 439 g/mol. The van der Waals surface area contributed by atoms with Crippen LogP contribution in [0.4, 0.5) is 5.00 Å². The van der Waals surface area contributed by atoms with E-state index in [1.165, 1.54) is 27.3 Å². The van der Waals surface area contributed by atoms with E-state index in [-0.39, 0.29) is 17.4 Å². The number of carbonyl (C=O) groups excluding carboxylic acids is 2. The van der Waals surface area contributed by atoms with Crippen molar-refractivity contribution < 1.29 is 14.7 Å². The number of rotatable bonds is 5. The molecule has 2 aromatic rings. The topological polar surface area (TPSA) is 81.7 Å². The third-order valence-corrected chi connectivity index (χ3v) is 6.63. The SMILES string of the molecule is C=C(O)C(=C)Nc1sc2c(c1C(C)=O)CCNC2.CCc1cccc2c1C(=O)N(C)C2. The van der Waals surface area contributed by atoms with Gasteiger partial charge in [-0.2, -0.15) is 0 Å². The van der Waals surface area contributed by atoms with Gasteiger partial charge in [0.15, 0.2) is 5.78 Å². The number of anilines is 1. The molecule has 0 atom stereocenters. The van der Waals surface area contributed by atoms with Crippen molar-refractivity contribution in [2.24, 2.45) is 0 Å². The molecule has 0 unspecified atom stereocenters. The van der Waals surface area contributed by atoms with Gasteiger partial charge < -0.3 is 20.6 Å². The van der Waals surface area contributed by atoms with Crippen molar-refractivity contribution in [1.29, 1.82) is 0 Å². The van der Waals surface area contributed by atoms with Gasteiger partial charge in [0, 0.05) is 30.6 Å². The minimum absolute atomic E-state index is 0.0354. The summed E-state index contributed by atoms with van der Waals surface area (Å²) in [6.45, 7) is 13.2. The number of nitrogens with zero attached hydrogens (tertiary/aromatic N) is 1. The smallest absolute Gasteiger partial charge is 0.254 e. The Kier molecular flexibility index (Phi) is 6.97. The summed E-state index contributed by atoms with van der Waals surface area (Å²) >= 11 is 1.53. The normalized spacial score (nSPS) is 14.3. The van der Waals surface area contributed by atoms with Gasteiger partial charge in [0.2, 0.25) is 0 Å². The molecule has 7 heteroatoms. The van der Waals surface area contributed by atoms with Gasteiger partial charge in [-0.05, 0) is 43.0 Å². The Hall–Kier alpha value is -2.90. The molecule has 0 spiro atoms. The maximum absolute atomic E-state index is 11.8. The Morgan fingerprint density at radius 3 is 2.74 bits per heavy atom. The first-order valence-electron chi connectivity index (χ1n) is 10.3. The van der Waals surface area contributed by atoms with Crippen molar-refractivity contribution in [3.8, 4) is 0 Å². The number of Topliss-reactive ketones (excluding diaryl/α,β-unsaturated/α-hetero) is 1. The zero-order valence-corrected chi connectivity index (χ0v) is 19.1. The molecule has 4 rings (SSSR count). The van der Waals surface area contributed by atoms with Crippen LogP contribution in [-0.4, -0.2) is 35.3 Å². The summed E-state index contributed by atoms with van der Waals surface area (Å²) in [5.74, 6) is 0.0923. The fourth-order valence-electron chi connectivity index (χ4n) is 3.88. The van der Waals surface area contributed by atoms with Gasteiger partial charge in [0.1, 0.15) is 10.8 Å².